The first-order chi connectivity index (χ1) is 13.3. The maximum Gasteiger partial charge on any atom is 0.266 e. The van der Waals surface area contributed by atoms with Crippen molar-refractivity contribution in [3.05, 3.63) is 74.4 Å². The highest BCUT2D eigenvalue weighted by molar-refractivity contribution is 9.12. The molecule has 0 spiro atoms. The largest absolute Gasteiger partial charge is 0.496 e. The summed E-state index contributed by atoms with van der Waals surface area (Å²) in [6.45, 7) is 6.85. The van der Waals surface area contributed by atoms with Crippen LogP contribution in [0.4, 0.5) is 0 Å². The average Bonchev–Trinajstić information content (AvgIpc) is 2.86. The maximum absolute atomic E-state index is 13.1. The quantitative estimate of drug-likeness (QED) is 0.524. The number of aryl methyl sites for hydroxylation is 1. The monoisotopic (exact) mass is 459 g/mol. The lowest BCUT2D eigenvalue weighted by atomic mass is 9.99. The van der Waals surface area contributed by atoms with Gasteiger partial charge in [0.05, 0.1) is 17.3 Å². The van der Waals surface area contributed by atoms with Crippen molar-refractivity contribution < 1.29 is 9.53 Å². The van der Waals surface area contributed by atoms with Crippen molar-refractivity contribution in [3.8, 4) is 5.75 Å². The molecule has 0 N–H and O–H groups in total. The van der Waals surface area contributed by atoms with E-state index in [-0.39, 0.29) is 5.91 Å². The SMILES string of the molecule is COc1ccc(C)cc1C1=C(Br)C(=O)N(CC(C)C)/C1=C/c1cccc(Cl)c1. The first-order valence-electron chi connectivity index (χ1n) is 9.16. The van der Waals surface area contributed by atoms with Crippen LogP contribution in [0.2, 0.25) is 5.02 Å². The van der Waals surface area contributed by atoms with Crippen LogP contribution in [0, 0.1) is 12.8 Å². The van der Waals surface area contributed by atoms with Gasteiger partial charge in [-0.2, -0.15) is 0 Å². The standard InChI is InChI=1S/C23H23BrClNO2/c1-14(2)13-26-19(12-16-6-5-7-17(25)11-16)21(22(24)23(26)27)18-10-15(3)8-9-20(18)28-4/h5-12,14H,13H2,1-4H3/b19-12+. The van der Waals surface area contributed by atoms with Gasteiger partial charge in [0.25, 0.3) is 5.91 Å². The third kappa shape index (κ3) is 4.18. The lowest BCUT2D eigenvalue weighted by Gasteiger charge is -2.23. The predicted molar refractivity (Wildman–Crippen MR) is 120 cm³/mol. The number of hydrogen-bond acceptors (Lipinski definition) is 2. The lowest BCUT2D eigenvalue weighted by molar-refractivity contribution is -0.123. The molecule has 0 aromatic heterocycles. The third-order valence-corrected chi connectivity index (χ3v) is 5.49. The summed E-state index contributed by atoms with van der Waals surface area (Å²) in [6, 6.07) is 13.6. The van der Waals surface area contributed by atoms with Crippen LogP contribution in [0.5, 0.6) is 5.75 Å². The van der Waals surface area contributed by atoms with E-state index in [1.54, 1.807) is 7.11 Å². The summed E-state index contributed by atoms with van der Waals surface area (Å²) in [6.07, 6.45) is 2.01. The summed E-state index contributed by atoms with van der Waals surface area (Å²) in [5.74, 6) is 1.01. The molecule has 0 radical (unpaired) electrons. The fourth-order valence-electron chi connectivity index (χ4n) is 3.31. The summed E-state index contributed by atoms with van der Waals surface area (Å²) in [5.41, 5.74) is 4.61. The van der Waals surface area contributed by atoms with Gasteiger partial charge < -0.3 is 9.64 Å². The number of carbonyl (C=O) groups is 1. The molecule has 0 fully saturated rings. The van der Waals surface area contributed by atoms with Crippen molar-refractivity contribution in [2.75, 3.05) is 13.7 Å². The zero-order chi connectivity index (χ0) is 20.4. The van der Waals surface area contributed by atoms with Gasteiger partial charge in [0, 0.05) is 22.7 Å². The molecule has 1 aliphatic heterocycles. The normalized spacial score (nSPS) is 15.9. The first-order valence-corrected chi connectivity index (χ1v) is 10.3. The van der Waals surface area contributed by atoms with Gasteiger partial charge in [-0.25, -0.2) is 0 Å². The molecule has 0 saturated heterocycles. The Balaban J connectivity index is 2.23. The van der Waals surface area contributed by atoms with Crippen LogP contribution < -0.4 is 4.74 Å². The second-order valence-corrected chi connectivity index (χ2v) is 8.52. The fraction of sp³-hybridized carbons (Fsp3) is 0.261. The molecular formula is C23H23BrClNO2. The molecular weight excluding hydrogens is 438 g/mol. The Labute approximate surface area is 179 Å². The van der Waals surface area contributed by atoms with E-state index < -0.39 is 0 Å². The summed E-state index contributed by atoms with van der Waals surface area (Å²) in [4.78, 5) is 14.9. The molecule has 0 bridgehead atoms. The zero-order valence-electron chi connectivity index (χ0n) is 16.4. The molecule has 3 nitrogen and oxygen atoms in total. The molecule has 1 amide bonds. The Hall–Kier alpha value is -2.04. The second-order valence-electron chi connectivity index (χ2n) is 7.29. The molecule has 3 rings (SSSR count). The Morgan fingerprint density at radius 2 is 1.96 bits per heavy atom. The minimum absolute atomic E-state index is 0.0412. The topological polar surface area (TPSA) is 29.5 Å². The molecule has 0 aliphatic carbocycles. The highest BCUT2D eigenvalue weighted by atomic mass is 79.9. The van der Waals surface area contributed by atoms with Gasteiger partial charge in [0.2, 0.25) is 0 Å². The molecule has 146 valence electrons. The number of halogens is 2. The minimum Gasteiger partial charge on any atom is -0.496 e. The van der Waals surface area contributed by atoms with Crippen LogP contribution in [-0.4, -0.2) is 24.5 Å². The summed E-state index contributed by atoms with van der Waals surface area (Å²) in [7, 11) is 1.64. The van der Waals surface area contributed by atoms with Crippen molar-refractivity contribution in [1.29, 1.82) is 0 Å². The van der Waals surface area contributed by atoms with Crippen molar-refractivity contribution in [1.82, 2.24) is 4.90 Å². The van der Waals surface area contributed by atoms with E-state index >= 15 is 0 Å². The van der Waals surface area contributed by atoms with Gasteiger partial charge in [-0.3, -0.25) is 4.79 Å². The molecule has 0 unspecified atom stereocenters. The van der Waals surface area contributed by atoms with E-state index in [1.807, 2.05) is 60.4 Å². The smallest absolute Gasteiger partial charge is 0.266 e. The van der Waals surface area contributed by atoms with Gasteiger partial charge in [-0.15, -0.1) is 0 Å². The van der Waals surface area contributed by atoms with E-state index in [0.717, 1.165) is 33.7 Å². The number of methoxy groups -OCH3 is 1. The third-order valence-electron chi connectivity index (χ3n) is 4.52. The highest BCUT2D eigenvalue weighted by Crippen LogP contribution is 2.44. The average molecular weight is 461 g/mol. The lowest BCUT2D eigenvalue weighted by Crippen LogP contribution is -2.29. The number of benzene rings is 2. The number of allylic oxidation sites excluding steroid dienone is 1. The second kappa shape index (κ2) is 8.54. The van der Waals surface area contributed by atoms with Gasteiger partial charge in [0.15, 0.2) is 0 Å². The molecule has 1 aliphatic rings. The first kappa shape index (κ1) is 20.7. The summed E-state index contributed by atoms with van der Waals surface area (Å²) < 4.78 is 6.14. The molecule has 28 heavy (non-hydrogen) atoms. The molecule has 5 heteroatoms. The van der Waals surface area contributed by atoms with Gasteiger partial charge in [-0.1, -0.05) is 49.2 Å². The Morgan fingerprint density at radius 3 is 2.61 bits per heavy atom. The Bertz CT molecular complexity index is 978. The van der Waals surface area contributed by atoms with Crippen molar-refractivity contribution in [2.45, 2.75) is 20.8 Å². The molecule has 1 heterocycles. The van der Waals surface area contributed by atoms with Crippen molar-refractivity contribution in [2.24, 2.45) is 5.92 Å². The van der Waals surface area contributed by atoms with E-state index in [4.69, 9.17) is 16.3 Å². The molecule has 0 atom stereocenters. The van der Waals surface area contributed by atoms with Crippen molar-refractivity contribution >= 4 is 45.1 Å². The summed E-state index contributed by atoms with van der Waals surface area (Å²) >= 11 is 9.74. The summed E-state index contributed by atoms with van der Waals surface area (Å²) in [5, 5.41) is 0.659. The number of ether oxygens (including phenoxy) is 1. The molecule has 0 saturated carbocycles. The van der Waals surface area contributed by atoms with Crippen LogP contribution in [0.15, 0.2) is 52.6 Å². The van der Waals surface area contributed by atoms with Crippen LogP contribution in [0.1, 0.15) is 30.5 Å². The van der Waals surface area contributed by atoms with Gasteiger partial charge in [0.1, 0.15) is 5.75 Å². The molecule has 2 aromatic rings. The maximum atomic E-state index is 13.1. The number of carbonyl (C=O) groups excluding carboxylic acids is 1. The fourth-order valence-corrected chi connectivity index (χ4v) is 4.14. The Morgan fingerprint density at radius 1 is 1.21 bits per heavy atom. The van der Waals surface area contributed by atoms with E-state index in [1.165, 1.54) is 0 Å². The number of hydrogen-bond donors (Lipinski definition) is 0. The number of amides is 1. The number of nitrogens with zero attached hydrogens (tertiary/aromatic N) is 1. The van der Waals surface area contributed by atoms with Crippen LogP contribution >= 0.6 is 27.5 Å². The van der Waals surface area contributed by atoms with E-state index in [0.29, 0.717) is 22.0 Å². The molecule has 2 aromatic carbocycles. The predicted octanol–water partition coefficient (Wildman–Crippen LogP) is 6.30. The van der Waals surface area contributed by atoms with E-state index in [2.05, 4.69) is 29.8 Å². The van der Waals surface area contributed by atoms with Crippen LogP contribution in [0.3, 0.4) is 0 Å². The van der Waals surface area contributed by atoms with Crippen LogP contribution in [-0.2, 0) is 4.79 Å². The van der Waals surface area contributed by atoms with Crippen LogP contribution in [0.25, 0.3) is 11.6 Å². The van der Waals surface area contributed by atoms with E-state index in [9.17, 15) is 4.79 Å². The Kier molecular flexibility index (Phi) is 6.31. The minimum atomic E-state index is -0.0412. The number of rotatable bonds is 5. The van der Waals surface area contributed by atoms with Crippen molar-refractivity contribution in [3.63, 3.8) is 0 Å². The zero-order valence-corrected chi connectivity index (χ0v) is 18.8. The van der Waals surface area contributed by atoms with Gasteiger partial charge in [-0.05, 0) is 64.7 Å². The highest BCUT2D eigenvalue weighted by Gasteiger charge is 2.35. The van der Waals surface area contributed by atoms with Gasteiger partial charge >= 0.3 is 0 Å².